The predicted molar refractivity (Wildman–Crippen MR) is 230 cm³/mol. The minimum absolute atomic E-state index is 0.00605. The van der Waals surface area contributed by atoms with E-state index in [1.165, 1.54) is 5.57 Å². The van der Waals surface area contributed by atoms with Crippen molar-refractivity contribution in [3.63, 3.8) is 0 Å². The van der Waals surface area contributed by atoms with E-state index >= 15 is 0 Å². The molecule has 0 amide bonds. The first-order valence-electron chi connectivity index (χ1n) is 21.3. The summed E-state index contributed by atoms with van der Waals surface area (Å²) < 4.78 is 33.1. The number of esters is 2. The highest BCUT2D eigenvalue weighted by Gasteiger charge is 2.47. The van der Waals surface area contributed by atoms with Gasteiger partial charge in [-0.25, -0.2) is 4.79 Å². The van der Waals surface area contributed by atoms with Crippen LogP contribution in [-0.4, -0.2) is 59.1 Å². The Labute approximate surface area is 337 Å². The Balaban J connectivity index is 1.62. The summed E-state index contributed by atoms with van der Waals surface area (Å²) in [5.74, 6) is 1.25. The third-order valence-corrected chi connectivity index (χ3v) is 22.4. The Hall–Kier alpha value is -2.21. The number of hydrogen-bond donors (Lipinski definition) is 0. The minimum atomic E-state index is -2.13. The number of allylic oxidation sites excluding steroid dienone is 2. The van der Waals surface area contributed by atoms with Crippen LogP contribution in [0.15, 0.2) is 42.0 Å². The van der Waals surface area contributed by atoms with Gasteiger partial charge in [0.2, 0.25) is 0 Å². The molecule has 7 nitrogen and oxygen atoms in total. The Kier molecular flexibility index (Phi) is 14.7. The van der Waals surface area contributed by atoms with Gasteiger partial charge in [0.25, 0.3) is 0 Å². The molecule has 55 heavy (non-hydrogen) atoms. The predicted octanol–water partition coefficient (Wildman–Crippen LogP) is 12.0. The molecule has 1 aromatic carbocycles. The molecular weight excluding hydrogens is 721 g/mol. The quantitative estimate of drug-likeness (QED) is 0.137. The average Bonchev–Trinajstić information content (AvgIpc) is 3.04. The van der Waals surface area contributed by atoms with Crippen molar-refractivity contribution >= 4 is 28.6 Å². The van der Waals surface area contributed by atoms with Crippen LogP contribution in [0.1, 0.15) is 145 Å². The lowest BCUT2D eigenvalue weighted by Gasteiger charge is -2.46. The molecule has 1 saturated heterocycles. The van der Waals surface area contributed by atoms with Crippen molar-refractivity contribution in [3.8, 4) is 5.75 Å². The highest BCUT2D eigenvalue weighted by molar-refractivity contribution is 6.74. The molecule has 9 heteroatoms. The summed E-state index contributed by atoms with van der Waals surface area (Å²) in [6.07, 6.45) is 8.95. The highest BCUT2D eigenvalue weighted by Crippen LogP contribution is 2.47. The van der Waals surface area contributed by atoms with Gasteiger partial charge in [0, 0.05) is 18.8 Å². The highest BCUT2D eigenvalue weighted by atomic mass is 28.4. The molecule has 1 aromatic rings. The maximum atomic E-state index is 14.4. The van der Waals surface area contributed by atoms with Gasteiger partial charge >= 0.3 is 11.9 Å². The second-order valence-corrected chi connectivity index (χ2v) is 29.9. The molecule has 0 saturated carbocycles. The second-order valence-electron chi connectivity index (χ2n) is 20.4. The molecule has 1 aliphatic heterocycles. The molecule has 1 fully saturated rings. The van der Waals surface area contributed by atoms with Gasteiger partial charge in [-0.1, -0.05) is 120 Å². The lowest BCUT2D eigenvalue weighted by Crippen LogP contribution is -2.49. The van der Waals surface area contributed by atoms with Crippen LogP contribution < -0.4 is 4.74 Å². The fraction of sp³-hybridized carbons (Fsp3) is 0.739. The van der Waals surface area contributed by atoms with Gasteiger partial charge in [0.1, 0.15) is 18.0 Å². The first-order chi connectivity index (χ1) is 25.3. The minimum Gasteiger partial charge on any atom is -0.478 e. The van der Waals surface area contributed by atoms with Crippen LogP contribution in [0.2, 0.25) is 36.3 Å². The fourth-order valence-electron chi connectivity index (χ4n) is 7.97. The van der Waals surface area contributed by atoms with Crippen LogP contribution in [0.3, 0.4) is 0 Å². The van der Waals surface area contributed by atoms with E-state index in [-0.39, 0.29) is 76.0 Å². The number of hydrogen-bond acceptors (Lipinski definition) is 7. The molecule has 0 spiro atoms. The molecular formula is C46H76O7Si2. The van der Waals surface area contributed by atoms with Crippen LogP contribution in [0.25, 0.3) is 0 Å². The Morgan fingerprint density at radius 2 is 1.47 bits per heavy atom. The van der Waals surface area contributed by atoms with Crippen LogP contribution in [0, 0.1) is 17.8 Å². The lowest BCUT2D eigenvalue weighted by atomic mass is 9.66. The topological polar surface area (TPSA) is 80.3 Å². The monoisotopic (exact) mass is 797 g/mol. The molecule has 1 heterocycles. The number of carbonyl (C=O) groups excluding carboxylic acids is 2. The van der Waals surface area contributed by atoms with Gasteiger partial charge in [-0.05, 0) is 95.9 Å². The molecule has 4 rings (SSSR count). The first-order valence-corrected chi connectivity index (χ1v) is 27.1. The van der Waals surface area contributed by atoms with E-state index in [9.17, 15) is 9.59 Å². The number of para-hydroxylation sites is 1. The molecule has 0 bridgehead atoms. The van der Waals surface area contributed by atoms with E-state index < -0.39 is 22.7 Å². The lowest BCUT2D eigenvalue weighted by molar-refractivity contribution is -0.164. The number of cyclic esters (lactones) is 1. The average molecular weight is 797 g/mol. The molecule has 1 unspecified atom stereocenters. The van der Waals surface area contributed by atoms with Crippen molar-refractivity contribution in [1.82, 2.24) is 0 Å². The summed E-state index contributed by atoms with van der Waals surface area (Å²) >= 11 is 0. The molecule has 2 aliphatic carbocycles. The zero-order chi connectivity index (χ0) is 41.3. The molecule has 0 N–H and O–H groups in total. The summed E-state index contributed by atoms with van der Waals surface area (Å²) in [6, 6.07) is 6.30. The molecule has 0 aromatic heterocycles. The van der Waals surface area contributed by atoms with Crippen LogP contribution >= 0.6 is 0 Å². The van der Waals surface area contributed by atoms with E-state index in [4.69, 9.17) is 23.1 Å². The van der Waals surface area contributed by atoms with Crippen molar-refractivity contribution in [2.75, 3.05) is 0 Å². The number of fused-ring (bicyclic) bond motifs is 1. The summed E-state index contributed by atoms with van der Waals surface area (Å²) in [7, 11) is -4.18. The van der Waals surface area contributed by atoms with Crippen molar-refractivity contribution in [1.29, 1.82) is 0 Å². The van der Waals surface area contributed by atoms with Crippen LogP contribution in [0.4, 0.5) is 0 Å². The second kappa shape index (κ2) is 17.7. The number of ether oxygens (including phenoxy) is 3. The van der Waals surface area contributed by atoms with Gasteiger partial charge < -0.3 is 23.1 Å². The van der Waals surface area contributed by atoms with E-state index in [0.29, 0.717) is 19.3 Å². The largest absolute Gasteiger partial charge is 0.478 e. The fourth-order valence-corrected chi connectivity index (χ4v) is 10.6. The molecule has 0 radical (unpaired) electrons. The van der Waals surface area contributed by atoms with Gasteiger partial charge in [-0.2, -0.15) is 0 Å². The molecule has 3 aliphatic rings. The maximum Gasteiger partial charge on any atom is 0.347 e. The molecule has 8 atom stereocenters. The van der Waals surface area contributed by atoms with Crippen LogP contribution in [0.5, 0.6) is 5.75 Å². The zero-order valence-electron chi connectivity index (χ0n) is 37.3. The summed E-state index contributed by atoms with van der Waals surface area (Å²) in [6.45, 7) is 35.5. The van der Waals surface area contributed by atoms with Crippen molar-refractivity contribution < 1.29 is 32.7 Å². The van der Waals surface area contributed by atoms with Gasteiger partial charge in [0.05, 0.1) is 18.6 Å². The maximum absolute atomic E-state index is 14.4. The van der Waals surface area contributed by atoms with Crippen molar-refractivity contribution in [3.05, 3.63) is 53.1 Å². The smallest absolute Gasteiger partial charge is 0.347 e. The number of rotatable bonds is 14. The Morgan fingerprint density at radius 1 is 0.891 bits per heavy atom. The number of benzene rings is 1. The van der Waals surface area contributed by atoms with Crippen molar-refractivity contribution in [2.24, 2.45) is 17.8 Å². The SMILES string of the molecule is CCC(Oc1c(C(C)C)cccc1C(C)C)C(=O)O[C@H]1C[C@H](O[Si](C)(C)C(C)(C)C)C=C2C=C[C@H](C)[C@H](CC[C@@H]3C[C@@H](O[Si](C)(C)C(C)(C)C)CC(=O)O3)[C@H]21. The third kappa shape index (κ3) is 11.1. The van der Waals surface area contributed by atoms with E-state index in [2.05, 4.69) is 139 Å². The Morgan fingerprint density at radius 3 is 2.02 bits per heavy atom. The van der Waals surface area contributed by atoms with E-state index in [0.717, 1.165) is 36.1 Å². The van der Waals surface area contributed by atoms with Gasteiger partial charge in [-0.15, -0.1) is 0 Å². The van der Waals surface area contributed by atoms with Crippen LogP contribution in [-0.2, 0) is 27.9 Å². The summed E-state index contributed by atoms with van der Waals surface area (Å²) in [4.78, 5) is 27.3. The number of carbonyl (C=O) groups is 2. The summed E-state index contributed by atoms with van der Waals surface area (Å²) in [5, 5.41) is 0.100. The summed E-state index contributed by atoms with van der Waals surface area (Å²) in [5.41, 5.74) is 3.39. The van der Waals surface area contributed by atoms with Crippen molar-refractivity contribution in [2.45, 2.75) is 200 Å². The van der Waals surface area contributed by atoms with Gasteiger partial charge in [-0.3, -0.25) is 4.79 Å². The Bertz CT molecular complexity index is 1520. The van der Waals surface area contributed by atoms with E-state index in [1.807, 2.05) is 6.92 Å². The van der Waals surface area contributed by atoms with E-state index in [1.54, 1.807) is 0 Å². The zero-order valence-corrected chi connectivity index (χ0v) is 39.3. The first kappa shape index (κ1) is 45.5. The normalized spacial score (nSPS) is 27.1. The third-order valence-electron chi connectivity index (χ3n) is 13.4. The van der Waals surface area contributed by atoms with Gasteiger partial charge in [0.15, 0.2) is 22.7 Å². The standard InChI is InChI=1S/C46H76O7Si2/c1-17-39(50-43-36(29(2)3)19-18-20-37(43)30(4)5)44(48)51-40-27-34(52-54(13,14)45(7,8)9)25-32-22-21-31(6)38(42(32)40)24-23-33-26-35(28-41(47)49-33)53-55(15,16)46(10,11)12/h18-22,25,29-31,33-35,38-40,42H,17,23-24,26-28H2,1-16H3/t31-,33+,34+,35+,38-,39?,40-,42-/m0/s1. The molecule has 310 valence electrons.